The van der Waals surface area contributed by atoms with Crippen LogP contribution >= 0.6 is 0 Å². The van der Waals surface area contributed by atoms with Crippen LogP contribution in [0.5, 0.6) is 5.75 Å². The fraction of sp³-hybridized carbons (Fsp3) is 0.409. The minimum absolute atomic E-state index is 0.0574. The first-order chi connectivity index (χ1) is 12.6. The van der Waals surface area contributed by atoms with E-state index in [0.717, 1.165) is 23.3 Å². The number of rotatable bonds is 10. The van der Waals surface area contributed by atoms with Crippen molar-refractivity contribution in [2.24, 2.45) is 5.92 Å². The Morgan fingerprint density at radius 3 is 2.54 bits per heavy atom. The van der Waals surface area contributed by atoms with Crippen LogP contribution in [0.1, 0.15) is 48.7 Å². The van der Waals surface area contributed by atoms with E-state index in [-0.39, 0.29) is 5.91 Å². The first-order valence-corrected chi connectivity index (χ1v) is 9.25. The van der Waals surface area contributed by atoms with Gasteiger partial charge in [-0.15, -0.1) is 0 Å². The average Bonchev–Trinajstić information content (AvgIpc) is 2.63. The smallest absolute Gasteiger partial charge is 0.251 e. The second-order valence-electron chi connectivity index (χ2n) is 6.67. The lowest BCUT2D eigenvalue weighted by molar-refractivity contribution is 0.0949. The Kier molecular flexibility index (Phi) is 8.16. The molecular formula is C22H29NO3. The number of hydrogen-bond acceptors (Lipinski definition) is 3. The molecule has 0 spiro atoms. The Hall–Kier alpha value is -2.33. The van der Waals surface area contributed by atoms with Gasteiger partial charge in [0.2, 0.25) is 0 Å². The molecule has 0 radical (unpaired) electrons. The lowest BCUT2D eigenvalue weighted by Gasteiger charge is -2.13. The van der Waals surface area contributed by atoms with Gasteiger partial charge in [-0.25, -0.2) is 0 Å². The minimum Gasteiger partial charge on any atom is -0.494 e. The third-order valence-electron chi connectivity index (χ3n) is 4.00. The van der Waals surface area contributed by atoms with Crippen LogP contribution in [0.15, 0.2) is 48.5 Å². The Balaban J connectivity index is 2.00. The zero-order valence-electron chi connectivity index (χ0n) is 16.0. The van der Waals surface area contributed by atoms with Crippen LogP contribution < -0.4 is 10.1 Å². The van der Waals surface area contributed by atoms with Gasteiger partial charge in [-0.05, 0) is 43.0 Å². The highest BCUT2D eigenvalue weighted by Gasteiger charge is 2.11. The van der Waals surface area contributed by atoms with Crippen LogP contribution in [0.4, 0.5) is 0 Å². The lowest BCUT2D eigenvalue weighted by atomic mass is 10.1. The van der Waals surface area contributed by atoms with Crippen molar-refractivity contribution in [1.29, 1.82) is 0 Å². The lowest BCUT2D eigenvalue weighted by Crippen LogP contribution is -2.25. The Labute approximate surface area is 156 Å². The SMILES string of the molecule is CCOc1ccc(C(=O)NCCC(C)C)cc1COCc1ccccc1. The molecule has 1 N–H and O–H groups in total. The van der Waals surface area contributed by atoms with Crippen molar-refractivity contribution in [2.45, 2.75) is 40.4 Å². The van der Waals surface area contributed by atoms with Gasteiger partial charge in [0.05, 0.1) is 19.8 Å². The molecule has 0 aromatic heterocycles. The minimum atomic E-state index is -0.0574. The van der Waals surface area contributed by atoms with Crippen LogP contribution in [0.2, 0.25) is 0 Å². The largest absolute Gasteiger partial charge is 0.494 e. The number of amides is 1. The second-order valence-corrected chi connectivity index (χ2v) is 6.67. The van der Waals surface area contributed by atoms with Crippen molar-refractivity contribution >= 4 is 5.91 Å². The summed E-state index contributed by atoms with van der Waals surface area (Å²) in [6.45, 7) is 8.42. The van der Waals surface area contributed by atoms with E-state index in [9.17, 15) is 4.79 Å². The Morgan fingerprint density at radius 1 is 1.08 bits per heavy atom. The molecule has 2 rings (SSSR count). The van der Waals surface area contributed by atoms with Crippen molar-refractivity contribution in [2.75, 3.05) is 13.2 Å². The second kappa shape index (κ2) is 10.6. The summed E-state index contributed by atoms with van der Waals surface area (Å²) in [4.78, 5) is 12.4. The Morgan fingerprint density at radius 2 is 1.85 bits per heavy atom. The van der Waals surface area contributed by atoms with Gasteiger partial charge in [0.1, 0.15) is 5.75 Å². The van der Waals surface area contributed by atoms with Gasteiger partial charge in [-0.3, -0.25) is 4.79 Å². The van der Waals surface area contributed by atoms with Gasteiger partial charge in [0.15, 0.2) is 0 Å². The highest BCUT2D eigenvalue weighted by atomic mass is 16.5. The van der Waals surface area contributed by atoms with Crippen molar-refractivity contribution in [3.63, 3.8) is 0 Å². The van der Waals surface area contributed by atoms with Crippen LogP contribution in [-0.2, 0) is 18.0 Å². The van der Waals surface area contributed by atoms with Gasteiger partial charge in [0, 0.05) is 17.7 Å². The highest BCUT2D eigenvalue weighted by Crippen LogP contribution is 2.22. The molecule has 4 nitrogen and oxygen atoms in total. The molecule has 0 aliphatic carbocycles. The molecule has 2 aromatic rings. The monoisotopic (exact) mass is 355 g/mol. The summed E-state index contributed by atoms with van der Waals surface area (Å²) >= 11 is 0. The summed E-state index contributed by atoms with van der Waals surface area (Å²) in [6.07, 6.45) is 0.968. The van der Waals surface area contributed by atoms with Gasteiger partial charge in [-0.1, -0.05) is 44.2 Å². The molecule has 0 aliphatic rings. The van der Waals surface area contributed by atoms with Crippen LogP contribution in [-0.4, -0.2) is 19.1 Å². The van der Waals surface area contributed by atoms with Gasteiger partial charge in [-0.2, -0.15) is 0 Å². The average molecular weight is 355 g/mol. The number of carbonyl (C=O) groups is 1. The highest BCUT2D eigenvalue weighted by molar-refractivity contribution is 5.94. The molecule has 0 heterocycles. The van der Waals surface area contributed by atoms with E-state index in [1.807, 2.05) is 49.4 Å². The molecule has 1 amide bonds. The summed E-state index contributed by atoms with van der Waals surface area (Å²) in [7, 11) is 0. The molecule has 0 bridgehead atoms. The maximum atomic E-state index is 12.4. The number of benzene rings is 2. The van der Waals surface area contributed by atoms with Crippen LogP contribution in [0.3, 0.4) is 0 Å². The fourth-order valence-electron chi connectivity index (χ4n) is 2.56. The van der Waals surface area contributed by atoms with Crippen molar-refractivity contribution in [1.82, 2.24) is 5.32 Å². The Bertz CT molecular complexity index is 683. The molecule has 0 saturated carbocycles. The maximum Gasteiger partial charge on any atom is 0.251 e. The molecule has 0 aliphatic heterocycles. The molecular weight excluding hydrogens is 326 g/mol. The molecule has 26 heavy (non-hydrogen) atoms. The number of ether oxygens (including phenoxy) is 2. The summed E-state index contributed by atoms with van der Waals surface area (Å²) in [5.41, 5.74) is 2.64. The molecule has 0 atom stereocenters. The normalized spacial score (nSPS) is 10.8. The van der Waals surface area contributed by atoms with Crippen molar-refractivity contribution in [3.05, 3.63) is 65.2 Å². The van der Waals surface area contributed by atoms with E-state index >= 15 is 0 Å². The number of hydrogen-bond donors (Lipinski definition) is 1. The molecule has 0 unspecified atom stereocenters. The standard InChI is InChI=1S/C22H29NO3/c1-4-26-21-11-10-19(22(24)23-13-12-17(2)3)14-20(21)16-25-15-18-8-6-5-7-9-18/h5-11,14,17H,4,12-13,15-16H2,1-3H3,(H,23,24). The summed E-state index contributed by atoms with van der Waals surface area (Å²) in [5.74, 6) is 1.27. The number of carbonyl (C=O) groups excluding carboxylic acids is 1. The van der Waals surface area contributed by atoms with E-state index in [4.69, 9.17) is 9.47 Å². The van der Waals surface area contributed by atoms with Crippen LogP contribution in [0, 0.1) is 5.92 Å². The molecule has 4 heteroatoms. The third kappa shape index (κ3) is 6.52. The predicted molar refractivity (Wildman–Crippen MR) is 104 cm³/mol. The first kappa shape index (κ1) is 20.0. The van der Waals surface area contributed by atoms with Crippen molar-refractivity contribution in [3.8, 4) is 5.75 Å². The van der Waals surface area contributed by atoms with E-state index < -0.39 is 0 Å². The van der Waals surface area contributed by atoms with Crippen molar-refractivity contribution < 1.29 is 14.3 Å². The third-order valence-corrected chi connectivity index (χ3v) is 4.00. The van der Waals surface area contributed by atoms with E-state index in [2.05, 4.69) is 19.2 Å². The molecule has 140 valence electrons. The van der Waals surface area contributed by atoms with Gasteiger partial charge < -0.3 is 14.8 Å². The first-order valence-electron chi connectivity index (χ1n) is 9.25. The predicted octanol–water partition coefficient (Wildman–Crippen LogP) is 4.58. The van der Waals surface area contributed by atoms with E-state index in [0.29, 0.717) is 37.8 Å². The summed E-state index contributed by atoms with van der Waals surface area (Å²) < 4.78 is 11.5. The number of nitrogens with one attached hydrogen (secondary N) is 1. The van der Waals surface area contributed by atoms with Gasteiger partial charge in [0.25, 0.3) is 5.91 Å². The molecule has 0 fully saturated rings. The van der Waals surface area contributed by atoms with Crippen LogP contribution in [0.25, 0.3) is 0 Å². The summed E-state index contributed by atoms with van der Waals surface area (Å²) in [5, 5.41) is 2.97. The van der Waals surface area contributed by atoms with E-state index in [1.54, 1.807) is 6.07 Å². The summed E-state index contributed by atoms with van der Waals surface area (Å²) in [6, 6.07) is 15.5. The zero-order chi connectivity index (χ0) is 18.8. The fourth-order valence-corrected chi connectivity index (χ4v) is 2.56. The molecule has 2 aromatic carbocycles. The zero-order valence-corrected chi connectivity index (χ0v) is 16.0. The van der Waals surface area contributed by atoms with Gasteiger partial charge >= 0.3 is 0 Å². The quantitative estimate of drug-likeness (QED) is 0.679. The maximum absolute atomic E-state index is 12.4. The topological polar surface area (TPSA) is 47.6 Å². The van der Waals surface area contributed by atoms with E-state index in [1.165, 1.54) is 0 Å². The molecule has 0 saturated heterocycles.